The van der Waals surface area contributed by atoms with Gasteiger partial charge in [-0.1, -0.05) is 12.1 Å². The Morgan fingerprint density at radius 1 is 1.62 bits per heavy atom. The van der Waals surface area contributed by atoms with Crippen molar-refractivity contribution in [2.45, 2.75) is 12.8 Å². The third kappa shape index (κ3) is 2.49. The molecule has 0 aliphatic carbocycles. The number of para-hydroxylation sites is 1. The van der Waals surface area contributed by atoms with Gasteiger partial charge < -0.3 is 9.84 Å². The zero-order valence-electron chi connectivity index (χ0n) is 9.05. The van der Waals surface area contributed by atoms with Gasteiger partial charge in [0.05, 0.1) is 18.1 Å². The molecule has 0 aliphatic heterocycles. The molecule has 1 unspecified atom stereocenters. The zero-order valence-corrected chi connectivity index (χ0v) is 9.05. The Morgan fingerprint density at radius 2 is 2.31 bits per heavy atom. The minimum absolute atomic E-state index is 0.113. The number of hydrogen-bond donors (Lipinski definition) is 1. The van der Waals surface area contributed by atoms with Crippen LogP contribution in [0.25, 0.3) is 0 Å². The van der Waals surface area contributed by atoms with Crippen molar-refractivity contribution in [3.8, 4) is 5.75 Å². The Bertz CT molecular complexity index is 378. The molecule has 1 aromatic rings. The summed E-state index contributed by atoms with van der Waals surface area (Å²) in [7, 11) is 0. The molecule has 1 radical (unpaired) electrons. The molecule has 0 saturated carbocycles. The van der Waals surface area contributed by atoms with Crippen molar-refractivity contribution < 1.29 is 14.8 Å². The van der Waals surface area contributed by atoms with E-state index in [2.05, 4.69) is 6.92 Å². The summed E-state index contributed by atoms with van der Waals surface area (Å²) in [6.07, 6.45) is 0. The number of aliphatic hydroxyl groups is 1. The van der Waals surface area contributed by atoms with Crippen molar-refractivity contribution in [1.82, 2.24) is 0 Å². The predicted molar refractivity (Wildman–Crippen MR) is 59.4 cm³/mol. The highest BCUT2D eigenvalue weighted by molar-refractivity contribution is 5.54. The normalized spacial score (nSPS) is 12.2. The summed E-state index contributed by atoms with van der Waals surface area (Å²) >= 11 is 0. The molecule has 5 nitrogen and oxygen atoms in total. The third-order valence-electron chi connectivity index (χ3n) is 2.17. The smallest absolute Gasteiger partial charge is 0.314 e. The van der Waals surface area contributed by atoms with E-state index in [9.17, 15) is 10.1 Å². The van der Waals surface area contributed by atoms with Gasteiger partial charge in [-0.3, -0.25) is 10.1 Å². The van der Waals surface area contributed by atoms with Crippen LogP contribution in [-0.4, -0.2) is 23.2 Å². The van der Waals surface area contributed by atoms with Gasteiger partial charge in [-0.2, -0.15) is 0 Å². The summed E-state index contributed by atoms with van der Waals surface area (Å²) in [5.41, 5.74) is 0.275. The van der Waals surface area contributed by atoms with Gasteiger partial charge in [-0.05, 0) is 19.9 Å². The lowest BCUT2D eigenvalue weighted by Crippen LogP contribution is -2.06. The van der Waals surface area contributed by atoms with E-state index in [1.165, 1.54) is 6.07 Å². The van der Waals surface area contributed by atoms with Crippen molar-refractivity contribution in [1.29, 1.82) is 0 Å². The van der Waals surface area contributed by atoms with Crippen LogP contribution in [0.5, 0.6) is 5.75 Å². The molecule has 0 heterocycles. The van der Waals surface area contributed by atoms with Crippen LogP contribution in [0.1, 0.15) is 18.4 Å². The van der Waals surface area contributed by atoms with Crippen LogP contribution in [0.3, 0.4) is 0 Å². The Kier molecular flexibility index (Phi) is 4.25. The second kappa shape index (κ2) is 5.46. The molecule has 0 bridgehead atoms. The first-order chi connectivity index (χ1) is 7.61. The van der Waals surface area contributed by atoms with E-state index >= 15 is 0 Å². The number of hydrogen-bond acceptors (Lipinski definition) is 4. The van der Waals surface area contributed by atoms with Crippen LogP contribution in [0.2, 0.25) is 0 Å². The van der Waals surface area contributed by atoms with Gasteiger partial charge in [0.25, 0.3) is 0 Å². The summed E-state index contributed by atoms with van der Waals surface area (Å²) in [6.45, 7) is 5.53. The Morgan fingerprint density at radius 3 is 2.81 bits per heavy atom. The van der Waals surface area contributed by atoms with Gasteiger partial charge in [0.1, 0.15) is 0 Å². The van der Waals surface area contributed by atoms with Gasteiger partial charge in [0.2, 0.25) is 0 Å². The number of ether oxygens (including phenoxy) is 1. The lowest BCUT2D eigenvalue weighted by atomic mass is 10.00. The van der Waals surface area contributed by atoms with Gasteiger partial charge in [-0.15, -0.1) is 0 Å². The molecule has 0 aliphatic rings. The maximum absolute atomic E-state index is 11.0. The van der Waals surface area contributed by atoms with E-state index in [0.29, 0.717) is 12.2 Å². The Labute approximate surface area is 93.8 Å². The second-order valence-corrected chi connectivity index (χ2v) is 3.26. The summed E-state index contributed by atoms with van der Waals surface area (Å²) in [5.74, 6) is -0.312. The van der Waals surface area contributed by atoms with Crippen molar-refractivity contribution in [3.05, 3.63) is 40.8 Å². The lowest BCUT2D eigenvalue weighted by molar-refractivity contribution is -0.386. The summed E-state index contributed by atoms with van der Waals surface area (Å²) in [6, 6.07) is 4.77. The molecule has 16 heavy (non-hydrogen) atoms. The first kappa shape index (κ1) is 12.4. The fourth-order valence-electron chi connectivity index (χ4n) is 1.43. The SMILES string of the molecule is [CH2]C(CO)c1cccc(OCC)c1[N+](=O)[O-]. The van der Waals surface area contributed by atoms with Crippen molar-refractivity contribution in [2.75, 3.05) is 13.2 Å². The molecule has 0 spiro atoms. The van der Waals surface area contributed by atoms with E-state index in [-0.39, 0.29) is 18.0 Å². The second-order valence-electron chi connectivity index (χ2n) is 3.26. The lowest BCUT2D eigenvalue weighted by Gasteiger charge is -2.11. The topological polar surface area (TPSA) is 72.6 Å². The summed E-state index contributed by atoms with van der Waals surface area (Å²) in [5, 5.41) is 19.9. The van der Waals surface area contributed by atoms with Gasteiger partial charge >= 0.3 is 5.69 Å². The van der Waals surface area contributed by atoms with Crippen molar-refractivity contribution in [3.63, 3.8) is 0 Å². The van der Waals surface area contributed by atoms with Crippen LogP contribution >= 0.6 is 0 Å². The van der Waals surface area contributed by atoms with Crippen LogP contribution < -0.4 is 4.74 Å². The third-order valence-corrected chi connectivity index (χ3v) is 2.17. The Balaban J connectivity index is 3.26. The number of rotatable bonds is 5. The molecule has 1 N–H and O–H groups in total. The first-order valence-electron chi connectivity index (χ1n) is 4.95. The average Bonchev–Trinajstić information content (AvgIpc) is 2.27. The zero-order chi connectivity index (χ0) is 12.1. The average molecular weight is 224 g/mol. The van der Waals surface area contributed by atoms with Crippen molar-refractivity contribution >= 4 is 5.69 Å². The highest BCUT2D eigenvalue weighted by atomic mass is 16.6. The molecule has 0 fully saturated rings. The van der Waals surface area contributed by atoms with Crippen molar-refractivity contribution in [2.24, 2.45) is 0 Å². The molecule has 1 aromatic carbocycles. The number of nitrogens with zero attached hydrogens (tertiary/aromatic N) is 1. The highest BCUT2D eigenvalue weighted by Crippen LogP contribution is 2.34. The number of nitro groups is 1. The van der Waals surface area contributed by atoms with E-state index in [1.54, 1.807) is 19.1 Å². The summed E-state index contributed by atoms with van der Waals surface area (Å²) < 4.78 is 5.18. The summed E-state index contributed by atoms with van der Waals surface area (Å²) in [4.78, 5) is 10.4. The van der Waals surface area contributed by atoms with E-state index in [1.807, 2.05) is 0 Å². The van der Waals surface area contributed by atoms with Gasteiger partial charge in [0.15, 0.2) is 5.75 Å². The van der Waals surface area contributed by atoms with Crippen LogP contribution in [-0.2, 0) is 0 Å². The van der Waals surface area contributed by atoms with E-state index in [4.69, 9.17) is 9.84 Å². The molecule has 0 amide bonds. The molecule has 5 heteroatoms. The molecule has 1 atom stereocenters. The molecule has 0 aromatic heterocycles. The Hall–Kier alpha value is -1.62. The minimum Gasteiger partial charge on any atom is -0.487 e. The molecular weight excluding hydrogens is 210 g/mol. The largest absolute Gasteiger partial charge is 0.487 e. The predicted octanol–water partition coefficient (Wildman–Crippen LogP) is 1.90. The van der Waals surface area contributed by atoms with Crippen LogP contribution in [0.4, 0.5) is 5.69 Å². The maximum atomic E-state index is 11.0. The fourth-order valence-corrected chi connectivity index (χ4v) is 1.43. The number of aliphatic hydroxyl groups excluding tert-OH is 1. The van der Waals surface area contributed by atoms with Gasteiger partial charge in [0, 0.05) is 11.5 Å². The first-order valence-corrected chi connectivity index (χ1v) is 4.95. The van der Waals surface area contributed by atoms with E-state index in [0.717, 1.165) is 0 Å². The number of benzene rings is 1. The molecule has 87 valence electrons. The van der Waals surface area contributed by atoms with Gasteiger partial charge in [-0.25, -0.2) is 0 Å². The van der Waals surface area contributed by atoms with E-state index < -0.39 is 10.8 Å². The monoisotopic (exact) mass is 224 g/mol. The molecule has 1 rings (SSSR count). The number of nitro benzene ring substituents is 1. The quantitative estimate of drug-likeness (QED) is 0.612. The molecule has 0 saturated heterocycles. The molecular formula is C11H14NO4. The standard InChI is InChI=1S/C11H14NO4/c1-3-16-10-6-4-5-9(8(2)7-13)11(10)12(14)15/h4-6,8,13H,2-3,7H2,1H3. The van der Waals surface area contributed by atoms with Crippen LogP contribution in [0.15, 0.2) is 18.2 Å². The highest BCUT2D eigenvalue weighted by Gasteiger charge is 2.23. The fraction of sp³-hybridized carbons (Fsp3) is 0.364. The minimum atomic E-state index is -0.527. The van der Waals surface area contributed by atoms with Crippen LogP contribution in [0, 0.1) is 17.0 Å². The maximum Gasteiger partial charge on any atom is 0.314 e.